The maximum atomic E-state index is 5.89. The number of nitrogens with two attached hydrogens (primary N) is 1. The van der Waals surface area contributed by atoms with Crippen LogP contribution in [0.2, 0.25) is 0 Å². The molecule has 0 atom stereocenters. The second-order valence-corrected chi connectivity index (χ2v) is 8.50. The van der Waals surface area contributed by atoms with Crippen LogP contribution in [0.5, 0.6) is 0 Å². The first kappa shape index (κ1) is 24.3. The van der Waals surface area contributed by atoms with Crippen molar-refractivity contribution in [2.75, 3.05) is 5.73 Å². The van der Waals surface area contributed by atoms with Crippen molar-refractivity contribution in [3.63, 3.8) is 0 Å². The lowest BCUT2D eigenvalue weighted by Gasteiger charge is -2.05. The highest BCUT2D eigenvalue weighted by atomic mass is 15.1. The summed E-state index contributed by atoms with van der Waals surface area (Å²) in [5.74, 6) is 1.81. The Balaban J connectivity index is 1.47. The molecule has 4 nitrogen and oxygen atoms in total. The van der Waals surface area contributed by atoms with Gasteiger partial charge in [-0.3, -0.25) is 0 Å². The van der Waals surface area contributed by atoms with Crippen molar-refractivity contribution >= 4 is 5.95 Å². The maximum absolute atomic E-state index is 5.89. The van der Waals surface area contributed by atoms with E-state index in [1.807, 2.05) is 30.3 Å². The van der Waals surface area contributed by atoms with Crippen LogP contribution in [0.1, 0.15) is 109 Å². The van der Waals surface area contributed by atoms with Crippen LogP contribution in [0, 0.1) is 0 Å². The Morgan fingerprint density at radius 2 is 1.10 bits per heavy atom. The first-order chi connectivity index (χ1) is 14.8. The molecule has 0 radical (unpaired) electrons. The molecule has 30 heavy (non-hydrogen) atoms. The van der Waals surface area contributed by atoms with Crippen molar-refractivity contribution in [2.45, 2.75) is 110 Å². The fraction of sp³-hybridized carbons (Fsp3) is 0.654. The number of rotatable bonds is 17. The molecule has 0 saturated carbocycles. The Labute approximate surface area is 184 Å². The summed E-state index contributed by atoms with van der Waals surface area (Å²) in [7, 11) is 0. The largest absolute Gasteiger partial charge is 0.368 e. The van der Waals surface area contributed by atoms with E-state index in [0.29, 0.717) is 11.8 Å². The quantitative estimate of drug-likeness (QED) is 0.274. The number of aromatic nitrogens is 3. The summed E-state index contributed by atoms with van der Waals surface area (Å²) in [5, 5.41) is 0. The van der Waals surface area contributed by atoms with Crippen LogP contribution in [0.25, 0.3) is 11.4 Å². The van der Waals surface area contributed by atoms with Gasteiger partial charge in [0.15, 0.2) is 5.82 Å². The lowest BCUT2D eigenvalue weighted by Crippen LogP contribution is -2.05. The molecule has 2 N–H and O–H groups in total. The zero-order valence-corrected chi connectivity index (χ0v) is 19.1. The van der Waals surface area contributed by atoms with Crippen molar-refractivity contribution in [3.05, 3.63) is 36.2 Å². The molecule has 4 heteroatoms. The summed E-state index contributed by atoms with van der Waals surface area (Å²) in [5.41, 5.74) is 6.88. The molecule has 1 aromatic heterocycles. The van der Waals surface area contributed by atoms with Crippen LogP contribution in [0.15, 0.2) is 30.3 Å². The molecule has 0 spiro atoms. The molecule has 0 unspecified atom stereocenters. The molecule has 1 heterocycles. The zero-order chi connectivity index (χ0) is 21.3. The van der Waals surface area contributed by atoms with Crippen LogP contribution < -0.4 is 5.73 Å². The number of anilines is 1. The van der Waals surface area contributed by atoms with Crippen molar-refractivity contribution < 1.29 is 0 Å². The molecule has 2 aromatic rings. The first-order valence-electron chi connectivity index (χ1n) is 12.4. The van der Waals surface area contributed by atoms with E-state index in [4.69, 9.17) is 5.73 Å². The Hall–Kier alpha value is -1.97. The van der Waals surface area contributed by atoms with Crippen molar-refractivity contribution in [1.29, 1.82) is 0 Å². The van der Waals surface area contributed by atoms with E-state index in [0.717, 1.165) is 24.2 Å². The number of hydrogen-bond acceptors (Lipinski definition) is 4. The van der Waals surface area contributed by atoms with E-state index in [9.17, 15) is 0 Å². The molecule has 1 aromatic carbocycles. The van der Waals surface area contributed by atoms with Gasteiger partial charge in [0, 0.05) is 12.0 Å². The summed E-state index contributed by atoms with van der Waals surface area (Å²) in [4.78, 5) is 13.2. The molecule has 2 rings (SSSR count). The van der Waals surface area contributed by atoms with Gasteiger partial charge in [-0.1, -0.05) is 127 Å². The summed E-state index contributed by atoms with van der Waals surface area (Å²) in [6, 6.07) is 9.98. The van der Waals surface area contributed by atoms with Crippen LogP contribution in [0.4, 0.5) is 5.95 Å². The van der Waals surface area contributed by atoms with E-state index in [1.54, 1.807) is 0 Å². The molecule has 0 saturated heterocycles. The van der Waals surface area contributed by atoms with Crippen molar-refractivity contribution in [1.82, 2.24) is 15.0 Å². The summed E-state index contributed by atoms with van der Waals surface area (Å²) >= 11 is 0. The topological polar surface area (TPSA) is 64.7 Å². The van der Waals surface area contributed by atoms with Crippen LogP contribution in [-0.4, -0.2) is 15.0 Å². The Bertz CT molecular complexity index is 672. The van der Waals surface area contributed by atoms with Crippen LogP contribution in [-0.2, 0) is 6.42 Å². The standard InChI is InChI=1S/C26H42N4/c1-2-3-4-5-6-7-8-9-10-11-12-13-14-15-19-22-24-28-25(30-26(27)29-24)23-20-17-16-18-21-23/h16-18,20-21H,2-15,19,22H2,1H3,(H2,27,28,29,30). The van der Waals surface area contributed by atoms with Gasteiger partial charge >= 0.3 is 0 Å². The van der Waals surface area contributed by atoms with Gasteiger partial charge in [-0.2, -0.15) is 9.97 Å². The van der Waals surface area contributed by atoms with Gasteiger partial charge in [0.25, 0.3) is 0 Å². The number of hydrogen-bond donors (Lipinski definition) is 1. The third kappa shape index (κ3) is 10.7. The second kappa shape index (κ2) is 15.8. The summed E-state index contributed by atoms with van der Waals surface area (Å²) < 4.78 is 0. The molecule has 166 valence electrons. The number of benzene rings is 1. The number of nitrogens with zero attached hydrogens (tertiary/aromatic N) is 3. The normalized spacial score (nSPS) is 11.1. The second-order valence-electron chi connectivity index (χ2n) is 8.50. The van der Waals surface area contributed by atoms with Gasteiger partial charge in [0.05, 0.1) is 0 Å². The fourth-order valence-corrected chi connectivity index (χ4v) is 3.92. The van der Waals surface area contributed by atoms with E-state index >= 15 is 0 Å². The van der Waals surface area contributed by atoms with Crippen molar-refractivity contribution in [3.8, 4) is 11.4 Å². The van der Waals surface area contributed by atoms with Crippen LogP contribution in [0.3, 0.4) is 0 Å². The Morgan fingerprint density at radius 3 is 1.63 bits per heavy atom. The highest BCUT2D eigenvalue weighted by molar-refractivity contribution is 5.55. The average Bonchev–Trinajstić information content (AvgIpc) is 2.76. The minimum absolute atomic E-state index is 0.319. The highest BCUT2D eigenvalue weighted by Crippen LogP contribution is 2.17. The third-order valence-electron chi connectivity index (χ3n) is 5.73. The van der Waals surface area contributed by atoms with E-state index in [1.165, 1.54) is 89.9 Å². The highest BCUT2D eigenvalue weighted by Gasteiger charge is 2.06. The Morgan fingerprint density at radius 1 is 0.600 bits per heavy atom. The Kier molecular flexibility index (Phi) is 12.8. The molecule has 0 aliphatic carbocycles. The first-order valence-corrected chi connectivity index (χ1v) is 12.4. The molecular weight excluding hydrogens is 368 g/mol. The van der Waals surface area contributed by atoms with Gasteiger partial charge in [-0.15, -0.1) is 0 Å². The molecule has 0 fully saturated rings. The molecule has 0 amide bonds. The van der Waals surface area contributed by atoms with Gasteiger partial charge in [-0.05, 0) is 6.42 Å². The smallest absolute Gasteiger partial charge is 0.223 e. The number of unbranched alkanes of at least 4 members (excludes halogenated alkanes) is 14. The van der Waals surface area contributed by atoms with E-state index in [-0.39, 0.29) is 0 Å². The molecule has 0 aliphatic heterocycles. The maximum Gasteiger partial charge on any atom is 0.223 e. The number of aryl methyl sites for hydroxylation is 1. The third-order valence-corrected chi connectivity index (χ3v) is 5.73. The zero-order valence-electron chi connectivity index (χ0n) is 19.1. The minimum atomic E-state index is 0.319. The van der Waals surface area contributed by atoms with Crippen LogP contribution >= 0.6 is 0 Å². The fourth-order valence-electron chi connectivity index (χ4n) is 3.92. The predicted molar refractivity (Wildman–Crippen MR) is 128 cm³/mol. The predicted octanol–water partition coefficient (Wildman–Crippen LogP) is 7.53. The average molecular weight is 411 g/mol. The molecule has 0 bridgehead atoms. The SMILES string of the molecule is CCCCCCCCCCCCCCCCCc1nc(N)nc(-c2ccccc2)n1. The van der Waals surface area contributed by atoms with Gasteiger partial charge in [-0.25, -0.2) is 4.98 Å². The lowest BCUT2D eigenvalue weighted by atomic mass is 10.0. The van der Waals surface area contributed by atoms with E-state index in [2.05, 4.69) is 21.9 Å². The summed E-state index contributed by atoms with van der Waals surface area (Å²) in [6.45, 7) is 2.29. The lowest BCUT2D eigenvalue weighted by molar-refractivity contribution is 0.531. The van der Waals surface area contributed by atoms with Gasteiger partial charge < -0.3 is 5.73 Å². The summed E-state index contributed by atoms with van der Waals surface area (Å²) in [6.07, 6.45) is 21.5. The van der Waals surface area contributed by atoms with Crippen molar-refractivity contribution in [2.24, 2.45) is 0 Å². The monoisotopic (exact) mass is 410 g/mol. The van der Waals surface area contributed by atoms with E-state index < -0.39 is 0 Å². The van der Waals surface area contributed by atoms with Gasteiger partial charge in [0.1, 0.15) is 5.82 Å². The molecule has 0 aliphatic rings. The van der Waals surface area contributed by atoms with Gasteiger partial charge in [0.2, 0.25) is 5.95 Å². The molecular formula is C26H42N4. The minimum Gasteiger partial charge on any atom is -0.368 e. The number of nitrogen functional groups attached to an aromatic ring is 1.